The fraction of sp³-hybridized carbons (Fsp3) is 0.600. The Kier molecular flexibility index (Phi) is 7.47. The Hall–Kier alpha value is -1.90. The number of dihydropyridines is 1. The van der Waals surface area contributed by atoms with Crippen molar-refractivity contribution in [1.29, 1.82) is 0 Å². The molecule has 0 aromatic carbocycles. The van der Waals surface area contributed by atoms with E-state index in [1.807, 2.05) is 0 Å². The quantitative estimate of drug-likeness (QED) is 0.481. The molecule has 3 rings (SSSR count). The third kappa shape index (κ3) is 4.92. The van der Waals surface area contributed by atoms with Gasteiger partial charge in [0.1, 0.15) is 0 Å². The van der Waals surface area contributed by atoms with Crippen LogP contribution in [0.2, 0.25) is 0 Å². The van der Waals surface area contributed by atoms with E-state index in [1.165, 1.54) is 55.4 Å². The minimum absolute atomic E-state index is 0.177. The third-order valence-corrected chi connectivity index (χ3v) is 6.58. The molecule has 3 heteroatoms. The molecule has 4 unspecified atom stereocenters. The first-order chi connectivity index (χ1) is 13.6. The highest BCUT2D eigenvalue weighted by Crippen LogP contribution is 2.46. The van der Waals surface area contributed by atoms with Gasteiger partial charge in [0.15, 0.2) is 0 Å². The Morgan fingerprint density at radius 2 is 2.21 bits per heavy atom. The summed E-state index contributed by atoms with van der Waals surface area (Å²) in [5.74, 6) is 1.97. The van der Waals surface area contributed by atoms with Crippen LogP contribution in [-0.2, 0) is 0 Å². The summed E-state index contributed by atoms with van der Waals surface area (Å²) in [6.07, 6.45) is 20.5. The van der Waals surface area contributed by atoms with Crippen LogP contribution in [0, 0.1) is 11.8 Å². The molecular formula is C25H37N3. The predicted molar refractivity (Wildman–Crippen MR) is 120 cm³/mol. The zero-order chi connectivity index (χ0) is 19.9. The van der Waals surface area contributed by atoms with Crippen molar-refractivity contribution in [2.75, 3.05) is 0 Å². The zero-order valence-electron chi connectivity index (χ0n) is 18.0. The van der Waals surface area contributed by atoms with Gasteiger partial charge in [-0.15, -0.1) is 0 Å². The molecule has 1 aliphatic heterocycles. The van der Waals surface area contributed by atoms with Crippen LogP contribution in [0.5, 0.6) is 0 Å². The Bertz CT molecular complexity index is 737. The van der Waals surface area contributed by atoms with E-state index < -0.39 is 0 Å². The van der Waals surface area contributed by atoms with Crippen molar-refractivity contribution < 1.29 is 0 Å². The van der Waals surface area contributed by atoms with Gasteiger partial charge in [-0.05, 0) is 81.8 Å². The highest BCUT2D eigenvalue weighted by molar-refractivity contribution is 5.93. The Morgan fingerprint density at radius 1 is 1.36 bits per heavy atom. The standard InChI is InChI=1S/C25H37N3/c1-5-7-8-12-20(10-6-2)22-16-21(15-14-18(22)3)23-17-26-28-25(23)24-13-9-11-19(4)27-24/h5,7,9,11,17,20-22,24H,3,6,8,10,12-16H2,1-2,4H3,(H,26,28)/b7-5+. The van der Waals surface area contributed by atoms with Crippen molar-refractivity contribution in [3.8, 4) is 0 Å². The molecule has 0 radical (unpaired) electrons. The van der Waals surface area contributed by atoms with Crippen LogP contribution in [0.1, 0.15) is 95.4 Å². The summed E-state index contributed by atoms with van der Waals surface area (Å²) in [6, 6.07) is 0.177. The van der Waals surface area contributed by atoms with E-state index in [4.69, 9.17) is 4.99 Å². The lowest BCUT2D eigenvalue weighted by molar-refractivity contribution is 0.265. The second-order valence-electron chi connectivity index (χ2n) is 8.58. The fourth-order valence-corrected chi connectivity index (χ4v) is 5.12. The molecule has 0 bridgehead atoms. The second-order valence-corrected chi connectivity index (χ2v) is 8.58. The summed E-state index contributed by atoms with van der Waals surface area (Å²) >= 11 is 0. The van der Waals surface area contributed by atoms with Gasteiger partial charge in [0.25, 0.3) is 0 Å². The summed E-state index contributed by atoms with van der Waals surface area (Å²) in [5.41, 5.74) is 5.15. The van der Waals surface area contributed by atoms with E-state index in [9.17, 15) is 0 Å². The van der Waals surface area contributed by atoms with Gasteiger partial charge in [-0.1, -0.05) is 50.1 Å². The minimum Gasteiger partial charge on any atom is -0.285 e. The van der Waals surface area contributed by atoms with E-state index in [-0.39, 0.29) is 6.04 Å². The summed E-state index contributed by atoms with van der Waals surface area (Å²) in [6.45, 7) is 11.0. The lowest BCUT2D eigenvalue weighted by Crippen LogP contribution is -2.24. The topological polar surface area (TPSA) is 41.0 Å². The van der Waals surface area contributed by atoms with Crippen LogP contribution in [0.25, 0.3) is 0 Å². The maximum Gasteiger partial charge on any atom is 0.0978 e. The molecule has 1 aromatic heterocycles. The van der Waals surface area contributed by atoms with Gasteiger partial charge in [-0.25, -0.2) is 0 Å². The van der Waals surface area contributed by atoms with Gasteiger partial charge in [-0.3, -0.25) is 10.1 Å². The van der Waals surface area contributed by atoms with Crippen molar-refractivity contribution in [2.45, 2.75) is 84.1 Å². The maximum absolute atomic E-state index is 4.85. The van der Waals surface area contributed by atoms with Crippen LogP contribution < -0.4 is 0 Å². The molecule has 3 nitrogen and oxygen atoms in total. The van der Waals surface area contributed by atoms with Crippen molar-refractivity contribution >= 4 is 5.71 Å². The maximum atomic E-state index is 4.85. The monoisotopic (exact) mass is 379 g/mol. The van der Waals surface area contributed by atoms with E-state index in [2.05, 4.69) is 68.0 Å². The molecule has 1 saturated carbocycles. The lowest BCUT2D eigenvalue weighted by atomic mass is 9.68. The molecule has 0 amide bonds. The number of nitrogens with one attached hydrogen (secondary N) is 1. The van der Waals surface area contributed by atoms with Gasteiger partial charge < -0.3 is 0 Å². The third-order valence-electron chi connectivity index (χ3n) is 6.58. The van der Waals surface area contributed by atoms with Crippen LogP contribution in [0.3, 0.4) is 0 Å². The molecular weight excluding hydrogens is 342 g/mol. The van der Waals surface area contributed by atoms with E-state index in [1.54, 1.807) is 0 Å². The predicted octanol–water partition coefficient (Wildman–Crippen LogP) is 7.08. The van der Waals surface area contributed by atoms with Gasteiger partial charge in [0.2, 0.25) is 0 Å². The first kappa shape index (κ1) is 20.8. The number of hydrogen-bond donors (Lipinski definition) is 1. The van der Waals surface area contributed by atoms with Gasteiger partial charge in [0.05, 0.1) is 11.7 Å². The van der Waals surface area contributed by atoms with Gasteiger partial charge >= 0.3 is 0 Å². The summed E-state index contributed by atoms with van der Waals surface area (Å²) in [7, 11) is 0. The highest BCUT2D eigenvalue weighted by Gasteiger charge is 2.33. The number of aromatic amines is 1. The van der Waals surface area contributed by atoms with Crippen LogP contribution in [0.4, 0.5) is 0 Å². The fourth-order valence-electron chi connectivity index (χ4n) is 5.12. The zero-order valence-corrected chi connectivity index (χ0v) is 18.0. The molecule has 1 aromatic rings. The summed E-state index contributed by atoms with van der Waals surface area (Å²) in [4.78, 5) is 4.85. The normalized spacial score (nSPS) is 26.6. The average molecular weight is 380 g/mol. The number of aliphatic imine (C=N–C) groups is 1. The van der Waals surface area contributed by atoms with Crippen LogP contribution in [0.15, 0.2) is 47.6 Å². The van der Waals surface area contributed by atoms with E-state index in [0.29, 0.717) is 11.8 Å². The molecule has 4 atom stereocenters. The molecule has 152 valence electrons. The molecule has 0 saturated heterocycles. The first-order valence-electron chi connectivity index (χ1n) is 11.2. The summed E-state index contributed by atoms with van der Waals surface area (Å²) < 4.78 is 0. The number of hydrogen-bond acceptors (Lipinski definition) is 2. The van der Waals surface area contributed by atoms with Crippen molar-refractivity contribution in [3.63, 3.8) is 0 Å². The number of H-pyrrole nitrogens is 1. The molecule has 1 fully saturated rings. The molecule has 28 heavy (non-hydrogen) atoms. The molecule has 0 spiro atoms. The van der Waals surface area contributed by atoms with Crippen molar-refractivity contribution in [1.82, 2.24) is 10.2 Å². The largest absolute Gasteiger partial charge is 0.285 e. The SMILES string of the molecule is C=C1CCC(c2c[nH]nc2C2CC=CC(C)=N2)CC1C(CCC)CC/C=C/C. The summed E-state index contributed by atoms with van der Waals surface area (Å²) in [5, 5.41) is 7.79. The number of nitrogens with zero attached hydrogens (tertiary/aromatic N) is 2. The van der Waals surface area contributed by atoms with E-state index in [0.717, 1.165) is 24.5 Å². The van der Waals surface area contributed by atoms with Gasteiger partial charge in [0, 0.05) is 11.9 Å². The van der Waals surface area contributed by atoms with Crippen molar-refractivity contribution in [2.24, 2.45) is 16.8 Å². The number of aromatic nitrogens is 2. The Balaban J connectivity index is 1.76. The molecule has 2 aliphatic rings. The molecule has 1 aliphatic carbocycles. The molecule has 1 N–H and O–H groups in total. The molecule has 2 heterocycles. The van der Waals surface area contributed by atoms with Crippen LogP contribution >= 0.6 is 0 Å². The number of allylic oxidation sites excluding steroid dienone is 4. The average Bonchev–Trinajstić information content (AvgIpc) is 3.18. The first-order valence-corrected chi connectivity index (χ1v) is 11.2. The van der Waals surface area contributed by atoms with Crippen molar-refractivity contribution in [3.05, 3.63) is 53.9 Å². The van der Waals surface area contributed by atoms with Crippen LogP contribution in [-0.4, -0.2) is 15.9 Å². The lowest BCUT2D eigenvalue weighted by Gasteiger charge is -2.37. The van der Waals surface area contributed by atoms with Gasteiger partial charge in [-0.2, -0.15) is 5.10 Å². The highest BCUT2D eigenvalue weighted by atomic mass is 15.1. The van der Waals surface area contributed by atoms with E-state index >= 15 is 0 Å². The minimum atomic E-state index is 0.177. The second kappa shape index (κ2) is 10.0. The smallest absolute Gasteiger partial charge is 0.0978 e. The Morgan fingerprint density at radius 3 is 2.96 bits per heavy atom. The Labute approximate surface area is 171 Å². The number of rotatable bonds is 8.